The van der Waals surface area contributed by atoms with Gasteiger partial charge >= 0.3 is 6.03 Å². The van der Waals surface area contributed by atoms with Gasteiger partial charge in [0, 0.05) is 31.6 Å². The number of urea groups is 1. The van der Waals surface area contributed by atoms with Crippen LogP contribution in [0.4, 0.5) is 4.79 Å². The van der Waals surface area contributed by atoms with Crippen LogP contribution in [0, 0.1) is 5.92 Å². The highest BCUT2D eigenvalue weighted by Crippen LogP contribution is 2.30. The van der Waals surface area contributed by atoms with Crippen LogP contribution in [0.15, 0.2) is 24.3 Å². The van der Waals surface area contributed by atoms with Crippen LogP contribution < -0.4 is 10.1 Å². The molecule has 3 atom stereocenters. The number of amides is 2. The number of carbonyl (C=O) groups is 1. The first-order chi connectivity index (χ1) is 12.1. The van der Waals surface area contributed by atoms with Crippen molar-refractivity contribution in [3.63, 3.8) is 0 Å². The van der Waals surface area contributed by atoms with Gasteiger partial charge in [-0.25, -0.2) is 4.79 Å². The van der Waals surface area contributed by atoms with Crippen molar-refractivity contribution in [1.29, 1.82) is 0 Å². The number of piperidine rings is 2. The van der Waals surface area contributed by atoms with Crippen molar-refractivity contribution in [1.82, 2.24) is 15.1 Å². The van der Waals surface area contributed by atoms with Gasteiger partial charge in [-0.15, -0.1) is 0 Å². The van der Waals surface area contributed by atoms with Crippen LogP contribution in [0.25, 0.3) is 0 Å². The molecule has 0 aromatic heterocycles. The molecule has 2 amide bonds. The third-order valence-electron chi connectivity index (χ3n) is 5.76. The molecule has 0 radical (unpaired) electrons. The quantitative estimate of drug-likeness (QED) is 0.912. The second kappa shape index (κ2) is 8.09. The van der Waals surface area contributed by atoms with Gasteiger partial charge in [0.25, 0.3) is 0 Å². The van der Waals surface area contributed by atoms with Crippen molar-refractivity contribution in [2.75, 3.05) is 40.3 Å². The van der Waals surface area contributed by atoms with Crippen molar-refractivity contribution in [2.45, 2.75) is 38.1 Å². The third-order valence-corrected chi connectivity index (χ3v) is 5.76. The second-order valence-electron chi connectivity index (χ2n) is 7.54. The molecule has 0 spiro atoms. The molecule has 1 N–H and O–H groups in total. The predicted molar refractivity (Wildman–Crippen MR) is 100 cm³/mol. The molecule has 5 nitrogen and oxygen atoms in total. The van der Waals surface area contributed by atoms with Crippen molar-refractivity contribution in [3.05, 3.63) is 29.8 Å². The standard InChI is InChI=1S/C20H31N3O2/c1-15(17-8-4-5-9-19(17)25-3)13-21-20(24)23-11-6-7-16-14-22(2)12-10-18(16)23/h4-5,8-9,15-16,18H,6-7,10-14H2,1-3H3,(H,21,24)/t15-,16-,18-/m1/s1. The lowest BCUT2D eigenvalue weighted by Gasteiger charge is -2.46. The number of nitrogens with one attached hydrogen (secondary N) is 1. The number of likely N-dealkylation sites (tertiary alicyclic amines) is 2. The summed E-state index contributed by atoms with van der Waals surface area (Å²) in [5, 5.41) is 3.16. The molecule has 2 aliphatic rings. The number of hydrogen-bond donors (Lipinski definition) is 1. The maximum absolute atomic E-state index is 12.8. The molecule has 25 heavy (non-hydrogen) atoms. The molecular weight excluding hydrogens is 314 g/mol. The summed E-state index contributed by atoms with van der Waals surface area (Å²) in [7, 11) is 3.88. The van der Waals surface area contributed by atoms with Gasteiger partial charge in [-0.1, -0.05) is 25.1 Å². The average molecular weight is 345 g/mol. The number of benzene rings is 1. The predicted octanol–water partition coefficient (Wildman–Crippen LogP) is 2.92. The fraction of sp³-hybridized carbons (Fsp3) is 0.650. The molecule has 2 saturated heterocycles. The molecule has 0 bridgehead atoms. The van der Waals surface area contributed by atoms with E-state index >= 15 is 0 Å². The highest BCUT2D eigenvalue weighted by Gasteiger charge is 2.37. The summed E-state index contributed by atoms with van der Waals surface area (Å²) in [6.45, 7) is 5.86. The summed E-state index contributed by atoms with van der Waals surface area (Å²) in [5.41, 5.74) is 1.14. The van der Waals surface area contributed by atoms with Crippen molar-refractivity contribution < 1.29 is 9.53 Å². The fourth-order valence-electron chi connectivity index (χ4n) is 4.36. The third kappa shape index (κ3) is 4.09. The van der Waals surface area contributed by atoms with E-state index in [0.717, 1.165) is 43.8 Å². The zero-order valence-corrected chi connectivity index (χ0v) is 15.7. The normalized spacial score (nSPS) is 25.2. The topological polar surface area (TPSA) is 44.8 Å². The number of rotatable bonds is 4. The minimum Gasteiger partial charge on any atom is -0.496 e. The molecule has 0 saturated carbocycles. The highest BCUT2D eigenvalue weighted by molar-refractivity contribution is 5.74. The van der Waals surface area contributed by atoms with E-state index in [1.807, 2.05) is 18.2 Å². The van der Waals surface area contributed by atoms with Crippen LogP contribution in [0.1, 0.15) is 37.7 Å². The summed E-state index contributed by atoms with van der Waals surface area (Å²) >= 11 is 0. The van der Waals surface area contributed by atoms with Gasteiger partial charge in [0.15, 0.2) is 0 Å². The van der Waals surface area contributed by atoms with Crippen LogP contribution in [-0.2, 0) is 0 Å². The molecule has 2 aliphatic heterocycles. The summed E-state index contributed by atoms with van der Waals surface area (Å²) in [4.78, 5) is 17.3. The Labute approximate surface area is 151 Å². The molecule has 138 valence electrons. The SMILES string of the molecule is COc1ccccc1[C@H](C)CNC(=O)N1CCC[C@@H]2CN(C)CC[C@H]21. The second-order valence-corrected chi connectivity index (χ2v) is 7.54. The maximum atomic E-state index is 12.8. The van der Waals surface area contributed by atoms with E-state index in [4.69, 9.17) is 4.74 Å². The minimum absolute atomic E-state index is 0.0981. The van der Waals surface area contributed by atoms with E-state index in [1.165, 1.54) is 6.42 Å². The first-order valence-electron chi connectivity index (χ1n) is 9.46. The molecule has 2 heterocycles. The highest BCUT2D eigenvalue weighted by atomic mass is 16.5. The molecule has 5 heteroatoms. The Morgan fingerprint density at radius 3 is 2.92 bits per heavy atom. The molecule has 1 aromatic carbocycles. The summed E-state index contributed by atoms with van der Waals surface area (Å²) in [5.74, 6) is 1.74. The van der Waals surface area contributed by atoms with Gasteiger partial charge in [-0.3, -0.25) is 0 Å². The van der Waals surface area contributed by atoms with Gasteiger partial charge in [-0.2, -0.15) is 0 Å². The minimum atomic E-state index is 0.0981. The number of hydrogen-bond acceptors (Lipinski definition) is 3. The van der Waals surface area contributed by atoms with Gasteiger partial charge in [0.1, 0.15) is 5.75 Å². The van der Waals surface area contributed by atoms with Gasteiger partial charge < -0.3 is 19.9 Å². The van der Waals surface area contributed by atoms with Crippen LogP contribution in [-0.4, -0.2) is 62.2 Å². The number of methoxy groups -OCH3 is 1. The number of carbonyl (C=O) groups excluding carboxylic acids is 1. The molecule has 2 fully saturated rings. The van der Waals surface area contributed by atoms with E-state index in [1.54, 1.807) is 7.11 Å². The Morgan fingerprint density at radius 1 is 1.32 bits per heavy atom. The smallest absolute Gasteiger partial charge is 0.317 e. The lowest BCUT2D eigenvalue weighted by atomic mass is 9.84. The fourth-order valence-corrected chi connectivity index (χ4v) is 4.36. The summed E-state index contributed by atoms with van der Waals surface area (Å²) < 4.78 is 5.44. The van der Waals surface area contributed by atoms with E-state index in [-0.39, 0.29) is 11.9 Å². The molecule has 3 rings (SSSR count). The molecule has 0 unspecified atom stereocenters. The maximum Gasteiger partial charge on any atom is 0.317 e. The molecule has 1 aromatic rings. The first kappa shape index (κ1) is 18.1. The largest absolute Gasteiger partial charge is 0.496 e. The van der Waals surface area contributed by atoms with E-state index in [2.05, 4.69) is 35.2 Å². The van der Waals surface area contributed by atoms with Crippen LogP contribution >= 0.6 is 0 Å². The Balaban J connectivity index is 1.58. The first-order valence-corrected chi connectivity index (χ1v) is 9.46. The number of para-hydroxylation sites is 1. The van der Waals surface area contributed by atoms with Crippen LogP contribution in [0.2, 0.25) is 0 Å². The van der Waals surface area contributed by atoms with Gasteiger partial charge in [0.2, 0.25) is 0 Å². The van der Waals surface area contributed by atoms with Crippen LogP contribution in [0.3, 0.4) is 0 Å². The Bertz CT molecular complexity index is 592. The molecule has 0 aliphatic carbocycles. The monoisotopic (exact) mass is 345 g/mol. The van der Waals surface area contributed by atoms with Crippen molar-refractivity contribution >= 4 is 6.03 Å². The zero-order chi connectivity index (χ0) is 17.8. The van der Waals surface area contributed by atoms with Crippen molar-refractivity contribution in [2.24, 2.45) is 5.92 Å². The Kier molecular flexibility index (Phi) is 5.84. The Morgan fingerprint density at radius 2 is 2.12 bits per heavy atom. The van der Waals surface area contributed by atoms with Crippen LogP contribution in [0.5, 0.6) is 5.75 Å². The number of fused-ring (bicyclic) bond motifs is 1. The van der Waals surface area contributed by atoms with Gasteiger partial charge in [0.05, 0.1) is 7.11 Å². The average Bonchev–Trinajstić information content (AvgIpc) is 2.65. The van der Waals surface area contributed by atoms with E-state index < -0.39 is 0 Å². The molecular formula is C20H31N3O2. The summed E-state index contributed by atoms with van der Waals surface area (Å²) in [6, 6.07) is 8.55. The lowest BCUT2D eigenvalue weighted by Crippen LogP contribution is -2.57. The van der Waals surface area contributed by atoms with E-state index in [9.17, 15) is 4.79 Å². The number of nitrogens with zero attached hydrogens (tertiary/aromatic N) is 2. The van der Waals surface area contributed by atoms with Gasteiger partial charge in [-0.05, 0) is 50.4 Å². The van der Waals surface area contributed by atoms with E-state index in [0.29, 0.717) is 18.5 Å². The Hall–Kier alpha value is -1.75. The lowest BCUT2D eigenvalue weighted by molar-refractivity contribution is 0.0533. The summed E-state index contributed by atoms with van der Waals surface area (Å²) in [6.07, 6.45) is 3.46. The number of ether oxygens (including phenoxy) is 1. The zero-order valence-electron chi connectivity index (χ0n) is 15.7. The van der Waals surface area contributed by atoms with Crippen molar-refractivity contribution in [3.8, 4) is 5.75 Å².